The molecule has 0 bridgehead atoms. The van der Waals surface area contributed by atoms with Crippen LogP contribution in [-0.4, -0.2) is 40.4 Å². The summed E-state index contributed by atoms with van der Waals surface area (Å²) in [5, 5.41) is 0. The maximum Gasteiger partial charge on any atom is 0.167 e. The standard InChI is InChI=1S/C16H40ClSi5/c1-19(2,3)15(20(4,5)6)13-14-16(18(15)17,21(7,8)9)22(10,11)12/h13-14H2,1-12H3. The van der Waals surface area contributed by atoms with Gasteiger partial charge in [-0.25, -0.2) is 0 Å². The maximum absolute atomic E-state index is 7.74. The summed E-state index contributed by atoms with van der Waals surface area (Å²) in [7, 11) is -6.06. The number of halogens is 1. The van der Waals surface area contributed by atoms with Gasteiger partial charge < -0.3 is 0 Å². The van der Waals surface area contributed by atoms with Crippen LogP contribution in [0.15, 0.2) is 0 Å². The first-order valence-electron chi connectivity index (χ1n) is 8.90. The third kappa shape index (κ3) is 2.79. The Morgan fingerprint density at radius 3 is 0.818 bits per heavy atom. The Labute approximate surface area is 151 Å². The van der Waals surface area contributed by atoms with Crippen molar-refractivity contribution in [3.63, 3.8) is 0 Å². The van der Waals surface area contributed by atoms with E-state index in [-0.39, 0.29) is 0 Å². The second kappa shape index (κ2) is 5.69. The van der Waals surface area contributed by atoms with Gasteiger partial charge >= 0.3 is 0 Å². The lowest BCUT2D eigenvalue weighted by atomic mass is 10.4. The van der Waals surface area contributed by atoms with Crippen molar-refractivity contribution in [1.29, 1.82) is 0 Å². The van der Waals surface area contributed by atoms with Gasteiger partial charge in [0.25, 0.3) is 0 Å². The summed E-state index contributed by atoms with van der Waals surface area (Å²) in [4.78, 5) is 0. The first-order chi connectivity index (χ1) is 9.36. The molecule has 1 aliphatic rings. The fraction of sp³-hybridized carbons (Fsp3) is 1.00. The average Bonchev–Trinajstić information content (AvgIpc) is 2.49. The van der Waals surface area contributed by atoms with Gasteiger partial charge in [0.1, 0.15) is 0 Å². The summed E-state index contributed by atoms with van der Waals surface area (Å²) in [6.45, 7) is 31.5. The average molecular weight is 408 g/mol. The molecule has 0 saturated carbocycles. The zero-order valence-corrected chi connectivity index (χ0v) is 23.0. The normalized spacial score (nSPS) is 23.9. The molecule has 1 heterocycles. The van der Waals surface area contributed by atoms with Crippen molar-refractivity contribution in [2.45, 2.75) is 100.0 Å². The van der Waals surface area contributed by atoms with Crippen molar-refractivity contribution < 1.29 is 0 Å². The van der Waals surface area contributed by atoms with Crippen LogP contribution in [0.4, 0.5) is 0 Å². The first-order valence-corrected chi connectivity index (χ1v) is 25.4. The molecule has 0 aromatic carbocycles. The Hall–Kier alpha value is 1.37. The van der Waals surface area contributed by atoms with Gasteiger partial charge in [-0.1, -0.05) is 91.4 Å². The SMILES string of the molecule is C[Si](C)(C)C1([Si](C)(C)C)CCC([Si](C)(C)C)([Si](C)(C)C)[Si]1Cl. The molecule has 0 N–H and O–H groups in total. The number of rotatable bonds is 4. The molecule has 22 heavy (non-hydrogen) atoms. The Bertz CT molecular complexity index is 352. The quantitative estimate of drug-likeness (QED) is 0.347. The lowest BCUT2D eigenvalue weighted by Gasteiger charge is -2.57. The lowest BCUT2D eigenvalue weighted by molar-refractivity contribution is 0.763. The van der Waals surface area contributed by atoms with Crippen molar-refractivity contribution in [1.82, 2.24) is 0 Å². The molecular formula is C16H40ClSi5. The lowest BCUT2D eigenvalue weighted by Crippen LogP contribution is -2.66. The molecular weight excluding hydrogens is 368 g/mol. The van der Waals surface area contributed by atoms with Gasteiger partial charge in [-0.15, -0.1) is 0 Å². The van der Waals surface area contributed by atoms with Gasteiger partial charge in [0.15, 0.2) is 8.11 Å². The summed E-state index contributed by atoms with van der Waals surface area (Å²) in [5.41, 5.74) is 0. The zero-order chi connectivity index (χ0) is 18.0. The van der Waals surface area contributed by atoms with Gasteiger partial charge in [0.2, 0.25) is 0 Å². The molecule has 0 aromatic rings. The smallest absolute Gasteiger partial charge is 0.167 e. The van der Waals surface area contributed by atoms with Crippen LogP contribution in [0.25, 0.3) is 0 Å². The summed E-state index contributed by atoms with van der Waals surface area (Å²) in [6, 6.07) is 0. The third-order valence-corrected chi connectivity index (χ3v) is 44.8. The van der Waals surface area contributed by atoms with Crippen LogP contribution in [0.2, 0.25) is 87.1 Å². The minimum Gasteiger partial charge on any atom is -0.169 e. The highest BCUT2D eigenvalue weighted by atomic mass is 35.6. The van der Waals surface area contributed by atoms with E-state index in [1.54, 1.807) is 0 Å². The summed E-state index contributed by atoms with van der Waals surface area (Å²) < 4.78 is 1.18. The van der Waals surface area contributed by atoms with Gasteiger partial charge in [0.05, 0.1) is 0 Å². The van der Waals surface area contributed by atoms with Crippen molar-refractivity contribution >= 4 is 51.5 Å². The number of hydrogen-bond donors (Lipinski definition) is 0. The van der Waals surface area contributed by atoms with Crippen LogP contribution < -0.4 is 0 Å². The van der Waals surface area contributed by atoms with Crippen molar-refractivity contribution in [3.05, 3.63) is 0 Å². The highest BCUT2D eigenvalue weighted by molar-refractivity contribution is 7.34. The Morgan fingerprint density at radius 1 is 0.545 bits per heavy atom. The molecule has 0 unspecified atom stereocenters. The van der Waals surface area contributed by atoms with E-state index in [1.807, 2.05) is 0 Å². The first kappa shape index (κ1) is 21.4. The molecule has 0 spiro atoms. The van der Waals surface area contributed by atoms with Gasteiger partial charge in [0, 0.05) is 32.3 Å². The minimum absolute atomic E-state index is 0.590. The predicted octanol–water partition coefficient (Wildman–Crippen LogP) is 7.00. The van der Waals surface area contributed by atoms with E-state index in [0.29, 0.717) is 8.57 Å². The molecule has 0 amide bonds. The third-order valence-electron chi connectivity index (χ3n) is 6.75. The van der Waals surface area contributed by atoms with Crippen molar-refractivity contribution in [2.75, 3.05) is 0 Å². The molecule has 0 aliphatic carbocycles. The number of hydrogen-bond acceptors (Lipinski definition) is 0. The van der Waals surface area contributed by atoms with Crippen LogP contribution in [0.1, 0.15) is 12.8 Å². The largest absolute Gasteiger partial charge is 0.169 e. The molecule has 1 aliphatic heterocycles. The molecule has 0 aromatic heterocycles. The molecule has 1 radical (unpaired) electrons. The molecule has 6 heteroatoms. The summed E-state index contributed by atoms with van der Waals surface area (Å²) in [6.07, 6.45) is 2.93. The van der Waals surface area contributed by atoms with Gasteiger partial charge in [-0.05, 0) is 8.57 Å². The fourth-order valence-corrected chi connectivity index (χ4v) is 54.3. The van der Waals surface area contributed by atoms with Crippen LogP contribution in [-0.2, 0) is 0 Å². The molecule has 131 valence electrons. The van der Waals surface area contributed by atoms with E-state index < -0.39 is 40.4 Å². The van der Waals surface area contributed by atoms with Crippen LogP contribution in [0.5, 0.6) is 0 Å². The predicted molar refractivity (Wildman–Crippen MR) is 120 cm³/mol. The monoisotopic (exact) mass is 407 g/mol. The molecule has 1 rings (SSSR count). The Kier molecular flexibility index (Phi) is 5.54. The van der Waals surface area contributed by atoms with E-state index in [0.717, 1.165) is 0 Å². The second-order valence-corrected chi connectivity index (χ2v) is 39.5. The van der Waals surface area contributed by atoms with E-state index in [9.17, 15) is 0 Å². The summed E-state index contributed by atoms with van der Waals surface area (Å²) >= 11 is 7.74. The fourth-order valence-electron chi connectivity index (χ4n) is 6.03. The maximum atomic E-state index is 7.74. The second-order valence-electron chi connectivity index (χ2n) is 11.6. The molecule has 1 fully saturated rings. The van der Waals surface area contributed by atoms with Gasteiger partial charge in [-0.3, -0.25) is 0 Å². The highest BCUT2D eigenvalue weighted by Gasteiger charge is 2.72. The topological polar surface area (TPSA) is 0 Å². The van der Waals surface area contributed by atoms with E-state index in [4.69, 9.17) is 11.1 Å². The Morgan fingerprint density at radius 2 is 0.727 bits per heavy atom. The van der Waals surface area contributed by atoms with E-state index in [2.05, 4.69) is 78.6 Å². The zero-order valence-electron chi connectivity index (χ0n) is 17.3. The molecule has 1 saturated heterocycles. The van der Waals surface area contributed by atoms with Crippen LogP contribution in [0.3, 0.4) is 0 Å². The van der Waals surface area contributed by atoms with Crippen LogP contribution >= 0.6 is 11.1 Å². The van der Waals surface area contributed by atoms with E-state index >= 15 is 0 Å². The Balaban J connectivity index is 3.68. The molecule has 0 nitrogen and oxygen atoms in total. The van der Waals surface area contributed by atoms with Crippen LogP contribution in [0, 0.1) is 0 Å². The van der Waals surface area contributed by atoms with Crippen molar-refractivity contribution in [3.8, 4) is 0 Å². The highest BCUT2D eigenvalue weighted by Crippen LogP contribution is 2.71. The molecule has 0 atom stereocenters. The summed E-state index contributed by atoms with van der Waals surface area (Å²) in [5.74, 6) is 0. The van der Waals surface area contributed by atoms with E-state index in [1.165, 1.54) is 12.8 Å². The van der Waals surface area contributed by atoms with Crippen molar-refractivity contribution in [2.24, 2.45) is 0 Å². The van der Waals surface area contributed by atoms with Gasteiger partial charge in [-0.2, -0.15) is 11.1 Å². The minimum atomic E-state index is -1.30.